The van der Waals surface area contributed by atoms with Gasteiger partial charge in [-0.25, -0.2) is 8.42 Å². The molecule has 0 fully saturated rings. The standard InChI is InChI=1S/C34H35Cl2N3O4S/c1-3-19-37-34(41)32(21-26-12-6-4-7-13-26)38(23-27-14-10-11-25(2)20-27)33(40)24-39(31-18-17-28(35)22-30(31)36)44(42,43)29-15-8-5-9-16-29/h4-18,20,22,32H,3,19,21,23-24H2,1-2H3,(H,37,41)/t32-/m1/s1. The van der Waals surface area contributed by atoms with Crippen LogP contribution in [-0.4, -0.2) is 44.3 Å². The highest BCUT2D eigenvalue weighted by molar-refractivity contribution is 7.92. The van der Waals surface area contributed by atoms with E-state index in [9.17, 15) is 18.0 Å². The summed E-state index contributed by atoms with van der Waals surface area (Å²) < 4.78 is 29.1. The van der Waals surface area contributed by atoms with Crippen molar-refractivity contribution in [3.63, 3.8) is 0 Å². The molecule has 0 bridgehead atoms. The number of nitrogens with one attached hydrogen (secondary N) is 1. The number of hydrogen-bond donors (Lipinski definition) is 1. The van der Waals surface area contributed by atoms with E-state index < -0.39 is 28.5 Å². The number of carbonyl (C=O) groups is 2. The summed E-state index contributed by atoms with van der Waals surface area (Å²) in [6, 6.07) is 28.4. The molecule has 1 N–H and O–H groups in total. The number of benzene rings is 4. The van der Waals surface area contributed by atoms with E-state index in [-0.39, 0.29) is 34.5 Å². The first-order valence-corrected chi connectivity index (χ1v) is 16.5. The molecule has 0 aliphatic heterocycles. The number of amides is 2. The van der Waals surface area contributed by atoms with Gasteiger partial charge < -0.3 is 10.2 Å². The van der Waals surface area contributed by atoms with Crippen molar-refractivity contribution in [3.8, 4) is 0 Å². The zero-order valence-corrected chi connectivity index (χ0v) is 26.9. The van der Waals surface area contributed by atoms with Crippen LogP contribution in [-0.2, 0) is 32.6 Å². The van der Waals surface area contributed by atoms with Crippen LogP contribution < -0.4 is 9.62 Å². The average Bonchev–Trinajstić information content (AvgIpc) is 3.01. The van der Waals surface area contributed by atoms with Crippen molar-refractivity contribution < 1.29 is 18.0 Å². The van der Waals surface area contributed by atoms with E-state index in [1.807, 2.05) is 68.4 Å². The van der Waals surface area contributed by atoms with Crippen molar-refractivity contribution in [2.24, 2.45) is 0 Å². The monoisotopic (exact) mass is 651 g/mol. The van der Waals surface area contributed by atoms with Gasteiger partial charge in [-0.05, 0) is 54.8 Å². The minimum absolute atomic E-state index is 0.00873. The number of sulfonamides is 1. The van der Waals surface area contributed by atoms with Crippen LogP contribution in [0.25, 0.3) is 0 Å². The molecule has 10 heteroatoms. The SMILES string of the molecule is CCCNC(=O)[C@@H](Cc1ccccc1)N(Cc1cccc(C)c1)C(=O)CN(c1ccc(Cl)cc1Cl)S(=O)(=O)c1ccccc1. The van der Waals surface area contributed by atoms with Gasteiger partial charge in [0.15, 0.2) is 0 Å². The number of nitrogens with zero attached hydrogens (tertiary/aromatic N) is 2. The molecule has 230 valence electrons. The highest BCUT2D eigenvalue weighted by Gasteiger charge is 2.35. The summed E-state index contributed by atoms with van der Waals surface area (Å²) in [5.74, 6) is -0.886. The van der Waals surface area contributed by atoms with Crippen LogP contribution in [0.15, 0.2) is 108 Å². The molecule has 0 spiro atoms. The van der Waals surface area contributed by atoms with E-state index in [0.29, 0.717) is 18.0 Å². The van der Waals surface area contributed by atoms with E-state index >= 15 is 0 Å². The quantitative estimate of drug-likeness (QED) is 0.175. The predicted octanol–water partition coefficient (Wildman–Crippen LogP) is 6.66. The molecule has 0 aliphatic carbocycles. The average molecular weight is 653 g/mol. The lowest BCUT2D eigenvalue weighted by molar-refractivity contribution is -0.140. The van der Waals surface area contributed by atoms with Gasteiger partial charge in [-0.1, -0.05) is 108 Å². The summed E-state index contributed by atoms with van der Waals surface area (Å²) in [5.41, 5.74) is 2.76. The maximum Gasteiger partial charge on any atom is 0.264 e. The predicted molar refractivity (Wildman–Crippen MR) is 176 cm³/mol. The third-order valence-electron chi connectivity index (χ3n) is 7.04. The molecule has 1 atom stereocenters. The van der Waals surface area contributed by atoms with Crippen LogP contribution in [0.3, 0.4) is 0 Å². The van der Waals surface area contributed by atoms with Gasteiger partial charge in [-0.2, -0.15) is 0 Å². The molecule has 0 unspecified atom stereocenters. The number of anilines is 1. The Labute approximate surface area is 269 Å². The summed E-state index contributed by atoms with van der Waals surface area (Å²) in [4.78, 5) is 29.6. The Hall–Kier alpha value is -3.85. The lowest BCUT2D eigenvalue weighted by Crippen LogP contribution is -2.53. The number of rotatable bonds is 13. The maximum atomic E-state index is 14.5. The molecular weight excluding hydrogens is 617 g/mol. The van der Waals surface area contributed by atoms with Gasteiger partial charge in [0, 0.05) is 24.5 Å². The Morgan fingerprint density at radius 2 is 1.50 bits per heavy atom. The third kappa shape index (κ3) is 8.40. The highest BCUT2D eigenvalue weighted by atomic mass is 35.5. The first kappa shape index (κ1) is 33.1. The van der Waals surface area contributed by atoms with Crippen LogP contribution in [0.5, 0.6) is 0 Å². The summed E-state index contributed by atoms with van der Waals surface area (Å²) in [6.45, 7) is 3.82. The van der Waals surface area contributed by atoms with E-state index in [0.717, 1.165) is 21.0 Å². The van der Waals surface area contributed by atoms with Gasteiger partial charge in [0.05, 0.1) is 15.6 Å². The van der Waals surface area contributed by atoms with Gasteiger partial charge in [0.25, 0.3) is 10.0 Å². The summed E-state index contributed by atoms with van der Waals surface area (Å²) in [7, 11) is -4.26. The van der Waals surface area contributed by atoms with Crippen molar-refractivity contribution in [1.82, 2.24) is 10.2 Å². The first-order chi connectivity index (χ1) is 21.1. The fraction of sp³-hybridized carbons (Fsp3) is 0.235. The fourth-order valence-electron chi connectivity index (χ4n) is 4.84. The van der Waals surface area contributed by atoms with E-state index in [1.165, 1.54) is 35.2 Å². The van der Waals surface area contributed by atoms with Crippen molar-refractivity contribution in [3.05, 3.63) is 130 Å². The Morgan fingerprint density at radius 3 is 2.14 bits per heavy atom. The second-order valence-corrected chi connectivity index (χ2v) is 13.1. The van der Waals surface area contributed by atoms with E-state index in [2.05, 4.69) is 5.32 Å². The molecule has 0 radical (unpaired) electrons. The minimum atomic E-state index is -4.26. The second kappa shape index (κ2) is 15.2. The second-order valence-electron chi connectivity index (χ2n) is 10.4. The number of hydrogen-bond acceptors (Lipinski definition) is 4. The molecule has 0 saturated carbocycles. The number of aryl methyl sites for hydroxylation is 1. The summed E-state index contributed by atoms with van der Waals surface area (Å²) >= 11 is 12.7. The van der Waals surface area contributed by atoms with Crippen LogP contribution in [0.1, 0.15) is 30.0 Å². The molecule has 4 aromatic carbocycles. The molecule has 2 amide bonds. The molecule has 0 saturated heterocycles. The summed E-state index contributed by atoms with van der Waals surface area (Å²) in [6.07, 6.45) is 0.953. The highest BCUT2D eigenvalue weighted by Crippen LogP contribution is 2.33. The van der Waals surface area contributed by atoms with Gasteiger partial charge >= 0.3 is 0 Å². The fourth-order valence-corrected chi connectivity index (χ4v) is 6.86. The van der Waals surface area contributed by atoms with Crippen molar-refractivity contribution in [2.75, 3.05) is 17.4 Å². The Balaban J connectivity index is 1.81. The number of halogens is 2. The Bertz CT molecular complexity index is 1690. The largest absolute Gasteiger partial charge is 0.354 e. The van der Waals surface area contributed by atoms with Crippen molar-refractivity contribution in [2.45, 2.75) is 44.2 Å². The topological polar surface area (TPSA) is 86.8 Å². The molecule has 0 heterocycles. The molecule has 44 heavy (non-hydrogen) atoms. The minimum Gasteiger partial charge on any atom is -0.354 e. The molecule has 7 nitrogen and oxygen atoms in total. The van der Waals surface area contributed by atoms with Crippen LogP contribution in [0.4, 0.5) is 5.69 Å². The Morgan fingerprint density at radius 1 is 0.841 bits per heavy atom. The lowest BCUT2D eigenvalue weighted by atomic mass is 10.0. The maximum absolute atomic E-state index is 14.5. The normalized spacial score (nSPS) is 11.9. The van der Waals surface area contributed by atoms with Crippen LogP contribution in [0.2, 0.25) is 10.0 Å². The van der Waals surface area contributed by atoms with E-state index in [4.69, 9.17) is 23.2 Å². The molecule has 4 rings (SSSR count). The smallest absolute Gasteiger partial charge is 0.264 e. The van der Waals surface area contributed by atoms with Crippen molar-refractivity contribution in [1.29, 1.82) is 0 Å². The van der Waals surface area contributed by atoms with Crippen LogP contribution >= 0.6 is 23.2 Å². The van der Waals surface area contributed by atoms with Crippen molar-refractivity contribution >= 4 is 50.7 Å². The first-order valence-electron chi connectivity index (χ1n) is 14.3. The zero-order valence-electron chi connectivity index (χ0n) is 24.6. The Kier molecular flexibility index (Phi) is 11.4. The molecular formula is C34H35Cl2N3O4S. The summed E-state index contributed by atoms with van der Waals surface area (Å²) in [5, 5.41) is 3.33. The number of carbonyl (C=O) groups excluding carboxylic acids is 2. The molecule has 0 aromatic heterocycles. The van der Waals surface area contributed by atoms with Gasteiger partial charge in [-0.15, -0.1) is 0 Å². The molecule has 4 aromatic rings. The van der Waals surface area contributed by atoms with Gasteiger partial charge in [-0.3, -0.25) is 13.9 Å². The van der Waals surface area contributed by atoms with Crippen LogP contribution in [0, 0.1) is 6.92 Å². The van der Waals surface area contributed by atoms with E-state index in [1.54, 1.807) is 18.2 Å². The van der Waals surface area contributed by atoms with Gasteiger partial charge in [0.2, 0.25) is 11.8 Å². The zero-order chi connectivity index (χ0) is 31.7. The lowest BCUT2D eigenvalue weighted by Gasteiger charge is -2.34. The third-order valence-corrected chi connectivity index (χ3v) is 9.36. The van der Waals surface area contributed by atoms with Gasteiger partial charge in [0.1, 0.15) is 12.6 Å². The molecule has 0 aliphatic rings.